The summed E-state index contributed by atoms with van der Waals surface area (Å²) in [6, 6.07) is 0. The van der Waals surface area contributed by atoms with Gasteiger partial charge in [-0.2, -0.15) is 0 Å². The van der Waals surface area contributed by atoms with Gasteiger partial charge in [0.1, 0.15) is 0 Å². The zero-order chi connectivity index (χ0) is 18.6. The van der Waals surface area contributed by atoms with Crippen molar-refractivity contribution in [1.29, 1.82) is 0 Å². The van der Waals surface area contributed by atoms with Crippen LogP contribution >= 0.6 is 0 Å². The molecular formula is C21H32O4. The highest BCUT2D eigenvalue weighted by atomic mass is 16.5. The first kappa shape index (κ1) is 18.6. The Labute approximate surface area is 151 Å². The minimum absolute atomic E-state index is 0.0588. The summed E-state index contributed by atoms with van der Waals surface area (Å²) in [4.78, 5) is 26.4. The normalized spacial score (nSPS) is 44.2. The lowest BCUT2D eigenvalue weighted by Crippen LogP contribution is -2.37. The van der Waals surface area contributed by atoms with Crippen molar-refractivity contribution in [2.24, 2.45) is 29.1 Å². The molecule has 0 aromatic heterocycles. The molecule has 3 rings (SSSR count). The van der Waals surface area contributed by atoms with Crippen LogP contribution in [0.3, 0.4) is 0 Å². The van der Waals surface area contributed by atoms with Gasteiger partial charge in [0.25, 0.3) is 0 Å². The van der Waals surface area contributed by atoms with Gasteiger partial charge in [0.2, 0.25) is 0 Å². The van der Waals surface area contributed by atoms with Gasteiger partial charge in [0.05, 0.1) is 12.2 Å². The van der Waals surface area contributed by atoms with Crippen LogP contribution in [-0.4, -0.2) is 29.1 Å². The highest BCUT2D eigenvalue weighted by Gasteiger charge is 2.58. The van der Waals surface area contributed by atoms with E-state index < -0.39 is 11.0 Å². The fourth-order valence-electron chi connectivity index (χ4n) is 5.86. The number of hydrogen-bond donors (Lipinski definition) is 1. The highest BCUT2D eigenvalue weighted by Crippen LogP contribution is 2.58. The molecule has 3 aliphatic rings. The summed E-state index contributed by atoms with van der Waals surface area (Å²) in [5.74, 6) is 0.513. The first-order valence-electron chi connectivity index (χ1n) is 9.79. The van der Waals surface area contributed by atoms with Crippen molar-refractivity contribution >= 4 is 11.8 Å². The Bertz CT molecular complexity index is 617. The monoisotopic (exact) mass is 348 g/mol. The van der Waals surface area contributed by atoms with Gasteiger partial charge in [-0.05, 0) is 69.6 Å². The van der Waals surface area contributed by atoms with Crippen LogP contribution in [0.15, 0.2) is 11.1 Å². The quantitative estimate of drug-likeness (QED) is 0.774. The average molecular weight is 348 g/mol. The van der Waals surface area contributed by atoms with Crippen LogP contribution in [0.5, 0.6) is 0 Å². The van der Waals surface area contributed by atoms with Gasteiger partial charge in [-0.1, -0.05) is 20.8 Å². The molecule has 0 aromatic carbocycles. The van der Waals surface area contributed by atoms with Crippen molar-refractivity contribution < 1.29 is 19.4 Å². The number of rotatable bonds is 2. The molecule has 3 aliphatic carbocycles. The second-order valence-electron chi connectivity index (χ2n) is 9.17. The zero-order valence-corrected chi connectivity index (χ0v) is 16.2. The van der Waals surface area contributed by atoms with E-state index in [0.29, 0.717) is 30.9 Å². The van der Waals surface area contributed by atoms with Crippen molar-refractivity contribution in [3.05, 3.63) is 11.1 Å². The number of esters is 1. The maximum absolute atomic E-state index is 13.7. The summed E-state index contributed by atoms with van der Waals surface area (Å²) in [5.41, 5.74) is -0.0285. The molecule has 25 heavy (non-hydrogen) atoms. The fourth-order valence-corrected chi connectivity index (χ4v) is 5.86. The van der Waals surface area contributed by atoms with Crippen molar-refractivity contribution in [2.45, 2.75) is 72.3 Å². The van der Waals surface area contributed by atoms with E-state index in [9.17, 15) is 14.7 Å². The fraction of sp³-hybridized carbons (Fsp3) is 0.810. The van der Waals surface area contributed by atoms with Crippen LogP contribution < -0.4 is 0 Å². The number of ether oxygens (including phenoxy) is 1. The van der Waals surface area contributed by atoms with Gasteiger partial charge >= 0.3 is 5.97 Å². The third-order valence-electron chi connectivity index (χ3n) is 7.00. The third kappa shape index (κ3) is 2.97. The third-order valence-corrected chi connectivity index (χ3v) is 7.00. The summed E-state index contributed by atoms with van der Waals surface area (Å²) in [7, 11) is 0. The molecule has 1 N–H and O–H groups in total. The number of Topliss-reactive ketones (excluding diaryl/α,β-unsaturated/α-hetero) is 1. The lowest BCUT2D eigenvalue weighted by Gasteiger charge is -2.35. The highest BCUT2D eigenvalue weighted by molar-refractivity contribution is 6.07. The first-order valence-corrected chi connectivity index (χ1v) is 9.79. The molecule has 140 valence electrons. The lowest BCUT2D eigenvalue weighted by molar-refractivity contribution is -0.140. The number of aliphatic hydroxyl groups is 1. The van der Waals surface area contributed by atoms with Crippen molar-refractivity contribution in [2.75, 3.05) is 6.61 Å². The largest absolute Gasteiger partial charge is 0.463 e. The molecule has 0 bridgehead atoms. The Morgan fingerprint density at radius 3 is 2.60 bits per heavy atom. The molecule has 4 heteroatoms. The summed E-state index contributed by atoms with van der Waals surface area (Å²) >= 11 is 0. The molecule has 0 amide bonds. The van der Waals surface area contributed by atoms with E-state index in [1.807, 2.05) is 20.8 Å². The van der Waals surface area contributed by atoms with E-state index in [1.54, 1.807) is 6.92 Å². The molecule has 0 aliphatic heterocycles. The van der Waals surface area contributed by atoms with Crippen LogP contribution in [-0.2, 0) is 14.3 Å². The van der Waals surface area contributed by atoms with Crippen molar-refractivity contribution in [1.82, 2.24) is 0 Å². The number of ketones is 1. The second-order valence-corrected chi connectivity index (χ2v) is 9.17. The van der Waals surface area contributed by atoms with Crippen LogP contribution in [0.1, 0.15) is 66.7 Å². The van der Waals surface area contributed by atoms with Gasteiger partial charge in [-0.3, -0.25) is 4.79 Å². The molecule has 4 nitrogen and oxygen atoms in total. The molecule has 6 atom stereocenters. The predicted octanol–water partition coefficient (Wildman–Crippen LogP) is 3.67. The van der Waals surface area contributed by atoms with Crippen LogP contribution in [0.25, 0.3) is 0 Å². The van der Waals surface area contributed by atoms with Gasteiger partial charge < -0.3 is 9.84 Å². The van der Waals surface area contributed by atoms with Gasteiger partial charge in [0, 0.05) is 16.6 Å². The van der Waals surface area contributed by atoms with E-state index in [1.165, 1.54) is 0 Å². The summed E-state index contributed by atoms with van der Waals surface area (Å²) < 4.78 is 5.31. The Hall–Kier alpha value is -1.16. The maximum atomic E-state index is 13.7. The standard InChI is InChI=1S/C21H32O4/c1-6-25-19(23)16-12(2)7-8-15-13(3)9-14-10-20(4,24)11-21(14,5)18(22)17(15)16/h12-15,24H,6-11H2,1-5H3/t12-,13-,14+,15+,20-,21-/m0/s1. The molecule has 0 unspecified atom stereocenters. The SMILES string of the molecule is CCOC(=O)C1=C2C(=O)[C@@]3(C)C[C@@](C)(O)C[C@H]3C[C@H](C)[C@H]2CC[C@@H]1C. The Morgan fingerprint density at radius 1 is 1.28 bits per heavy atom. The molecule has 2 saturated carbocycles. The lowest BCUT2D eigenvalue weighted by atomic mass is 9.68. The van der Waals surface area contributed by atoms with Gasteiger partial charge in [-0.15, -0.1) is 0 Å². The van der Waals surface area contributed by atoms with E-state index in [0.717, 1.165) is 24.8 Å². The molecule has 0 heterocycles. The van der Waals surface area contributed by atoms with Crippen molar-refractivity contribution in [3.8, 4) is 0 Å². The van der Waals surface area contributed by atoms with Crippen LogP contribution in [0.4, 0.5) is 0 Å². The van der Waals surface area contributed by atoms with E-state index in [-0.39, 0.29) is 29.5 Å². The molecular weight excluding hydrogens is 316 g/mol. The Morgan fingerprint density at radius 2 is 1.96 bits per heavy atom. The van der Waals surface area contributed by atoms with Crippen LogP contribution in [0, 0.1) is 29.1 Å². The second kappa shape index (κ2) is 6.22. The number of allylic oxidation sites excluding steroid dienone is 1. The molecule has 0 saturated heterocycles. The smallest absolute Gasteiger partial charge is 0.334 e. The Kier molecular flexibility index (Phi) is 4.64. The minimum Gasteiger partial charge on any atom is -0.463 e. The van der Waals surface area contributed by atoms with Crippen molar-refractivity contribution in [3.63, 3.8) is 0 Å². The van der Waals surface area contributed by atoms with E-state index >= 15 is 0 Å². The van der Waals surface area contributed by atoms with E-state index in [2.05, 4.69) is 6.92 Å². The number of carbonyl (C=O) groups excluding carboxylic acids is 2. The average Bonchev–Trinajstić information content (AvgIpc) is 2.72. The minimum atomic E-state index is -0.799. The van der Waals surface area contributed by atoms with Crippen LogP contribution in [0.2, 0.25) is 0 Å². The molecule has 2 fully saturated rings. The molecule has 0 spiro atoms. The zero-order valence-electron chi connectivity index (χ0n) is 16.2. The Balaban J connectivity index is 2.14. The predicted molar refractivity (Wildman–Crippen MR) is 95.8 cm³/mol. The van der Waals surface area contributed by atoms with E-state index in [4.69, 9.17) is 4.74 Å². The van der Waals surface area contributed by atoms with Gasteiger partial charge in [0.15, 0.2) is 5.78 Å². The number of hydrogen-bond acceptors (Lipinski definition) is 4. The summed E-state index contributed by atoms with van der Waals surface area (Å²) in [6.07, 6.45) is 3.99. The number of fused-ring (bicyclic) bond motifs is 2. The first-order chi connectivity index (χ1) is 11.6. The topological polar surface area (TPSA) is 63.6 Å². The van der Waals surface area contributed by atoms with Gasteiger partial charge in [-0.25, -0.2) is 4.79 Å². The summed E-state index contributed by atoms with van der Waals surface area (Å²) in [5, 5.41) is 10.6. The number of carbonyl (C=O) groups is 2. The molecule has 0 radical (unpaired) electrons. The maximum Gasteiger partial charge on any atom is 0.334 e. The summed E-state index contributed by atoms with van der Waals surface area (Å²) in [6.45, 7) is 10.2. The molecule has 0 aromatic rings.